The number of carbonyl (C=O) groups excluding carboxylic acids is 1. The van der Waals surface area contributed by atoms with Gasteiger partial charge in [-0.1, -0.05) is 29.8 Å². The first-order valence-corrected chi connectivity index (χ1v) is 5.15. The summed E-state index contributed by atoms with van der Waals surface area (Å²) in [6.45, 7) is 0.604. The molecule has 0 spiro atoms. The van der Waals surface area contributed by atoms with Crippen LogP contribution in [0.25, 0.3) is 0 Å². The van der Waals surface area contributed by atoms with E-state index in [1.54, 1.807) is 7.05 Å². The van der Waals surface area contributed by atoms with Crippen molar-refractivity contribution in [3.8, 4) is 0 Å². The van der Waals surface area contributed by atoms with E-state index in [0.717, 1.165) is 5.56 Å². The lowest BCUT2D eigenvalue weighted by Gasteiger charge is -2.05. The first-order chi connectivity index (χ1) is 7.24. The van der Waals surface area contributed by atoms with Gasteiger partial charge in [-0.25, -0.2) is 0 Å². The number of hydrogen-bond acceptors (Lipinski definition) is 3. The second-order valence-corrected chi connectivity index (χ2v) is 3.50. The zero-order valence-corrected chi connectivity index (χ0v) is 9.38. The molecule has 0 aliphatic rings. The molecule has 0 saturated carbocycles. The summed E-state index contributed by atoms with van der Waals surface area (Å²) in [6, 6.07) is 7.54. The summed E-state index contributed by atoms with van der Waals surface area (Å²) in [7, 11) is 1.70. The van der Waals surface area contributed by atoms with Crippen molar-refractivity contribution in [1.82, 2.24) is 5.32 Å². The number of rotatable bonds is 5. The minimum Gasteiger partial charge on any atom is -0.464 e. The Labute approximate surface area is 94.4 Å². The van der Waals surface area contributed by atoms with E-state index in [0.29, 0.717) is 18.1 Å². The molecular formula is C11H14ClNO2. The molecule has 0 saturated heterocycles. The van der Waals surface area contributed by atoms with E-state index < -0.39 is 0 Å². The number of benzene rings is 1. The van der Waals surface area contributed by atoms with Gasteiger partial charge in [-0.05, 0) is 18.7 Å². The van der Waals surface area contributed by atoms with E-state index in [9.17, 15) is 4.79 Å². The maximum Gasteiger partial charge on any atom is 0.319 e. The highest BCUT2D eigenvalue weighted by molar-refractivity contribution is 6.31. The third-order valence-electron chi connectivity index (χ3n) is 1.91. The van der Waals surface area contributed by atoms with Crippen molar-refractivity contribution in [1.29, 1.82) is 0 Å². The van der Waals surface area contributed by atoms with Crippen molar-refractivity contribution in [2.45, 2.75) is 6.42 Å². The van der Waals surface area contributed by atoms with Gasteiger partial charge in [-0.2, -0.15) is 0 Å². The van der Waals surface area contributed by atoms with Crippen molar-refractivity contribution >= 4 is 17.6 Å². The van der Waals surface area contributed by atoms with Crippen LogP contribution in [0.5, 0.6) is 0 Å². The Morgan fingerprint density at radius 3 is 2.87 bits per heavy atom. The van der Waals surface area contributed by atoms with Gasteiger partial charge in [-0.3, -0.25) is 4.79 Å². The number of likely N-dealkylation sites (N-methyl/N-ethyl adjacent to an activating group) is 1. The number of halogens is 1. The summed E-state index contributed by atoms with van der Waals surface area (Å²) in [5.74, 6) is -0.246. The average molecular weight is 228 g/mol. The summed E-state index contributed by atoms with van der Waals surface area (Å²) < 4.78 is 4.98. The lowest BCUT2D eigenvalue weighted by Crippen LogP contribution is -2.21. The van der Waals surface area contributed by atoms with Crippen molar-refractivity contribution < 1.29 is 9.53 Å². The molecule has 1 aromatic carbocycles. The van der Waals surface area contributed by atoms with Crippen molar-refractivity contribution in [2.75, 3.05) is 20.2 Å². The summed E-state index contributed by atoms with van der Waals surface area (Å²) in [4.78, 5) is 11.0. The monoisotopic (exact) mass is 227 g/mol. The van der Waals surface area contributed by atoms with Crippen molar-refractivity contribution in [3.63, 3.8) is 0 Å². The molecule has 0 unspecified atom stereocenters. The van der Waals surface area contributed by atoms with Gasteiger partial charge >= 0.3 is 5.97 Å². The Morgan fingerprint density at radius 1 is 1.47 bits per heavy atom. The fraction of sp³-hybridized carbons (Fsp3) is 0.364. The molecule has 3 nitrogen and oxygen atoms in total. The molecule has 0 bridgehead atoms. The standard InChI is InChI=1S/C11H14ClNO2/c1-13-8-11(14)15-7-6-9-4-2-3-5-10(9)12/h2-5,13H,6-8H2,1H3. The normalized spacial score (nSPS) is 10.0. The van der Waals surface area contributed by atoms with E-state index in [-0.39, 0.29) is 12.5 Å². The Kier molecular flexibility index (Phi) is 5.15. The highest BCUT2D eigenvalue weighted by Gasteiger charge is 2.02. The van der Waals surface area contributed by atoms with Crippen molar-refractivity contribution in [3.05, 3.63) is 34.9 Å². The molecular weight excluding hydrogens is 214 g/mol. The Morgan fingerprint density at radius 2 is 2.20 bits per heavy atom. The molecule has 0 aliphatic heterocycles. The molecule has 15 heavy (non-hydrogen) atoms. The van der Waals surface area contributed by atoms with E-state index in [1.165, 1.54) is 0 Å². The van der Waals surface area contributed by atoms with Gasteiger partial charge in [-0.15, -0.1) is 0 Å². The van der Waals surface area contributed by atoms with Gasteiger partial charge in [0.2, 0.25) is 0 Å². The zero-order valence-electron chi connectivity index (χ0n) is 8.63. The SMILES string of the molecule is CNCC(=O)OCCc1ccccc1Cl. The molecule has 0 heterocycles. The minimum absolute atomic E-state index is 0.239. The molecule has 0 aliphatic carbocycles. The van der Waals surface area contributed by atoms with Gasteiger partial charge in [0.25, 0.3) is 0 Å². The van der Waals surface area contributed by atoms with Gasteiger partial charge in [0, 0.05) is 11.4 Å². The zero-order chi connectivity index (χ0) is 11.1. The number of carbonyl (C=O) groups is 1. The summed E-state index contributed by atoms with van der Waals surface area (Å²) >= 11 is 5.95. The maximum absolute atomic E-state index is 11.0. The Bertz CT molecular complexity index is 328. The molecule has 0 amide bonds. The first-order valence-electron chi connectivity index (χ1n) is 4.77. The maximum atomic E-state index is 11.0. The second-order valence-electron chi connectivity index (χ2n) is 3.09. The van der Waals surface area contributed by atoms with E-state index in [1.807, 2.05) is 24.3 Å². The third kappa shape index (κ3) is 4.32. The quantitative estimate of drug-likeness (QED) is 0.778. The number of ether oxygens (including phenoxy) is 1. The smallest absolute Gasteiger partial charge is 0.319 e. The number of esters is 1. The lowest BCUT2D eigenvalue weighted by molar-refractivity contribution is -0.142. The second kappa shape index (κ2) is 6.43. The van der Waals surface area contributed by atoms with Crippen LogP contribution < -0.4 is 5.32 Å². The number of hydrogen-bond donors (Lipinski definition) is 1. The van der Waals surface area contributed by atoms with Crippen LogP contribution in [0, 0.1) is 0 Å². The molecule has 1 N–H and O–H groups in total. The molecule has 0 aromatic heterocycles. The molecule has 0 radical (unpaired) electrons. The van der Waals surface area contributed by atoms with Crippen LogP contribution in [0.3, 0.4) is 0 Å². The van der Waals surface area contributed by atoms with Crippen LogP contribution in [0.2, 0.25) is 5.02 Å². The minimum atomic E-state index is -0.246. The highest BCUT2D eigenvalue weighted by atomic mass is 35.5. The Hall–Kier alpha value is -1.06. The first kappa shape index (κ1) is 12.0. The van der Waals surface area contributed by atoms with Gasteiger partial charge in [0.15, 0.2) is 0 Å². The molecule has 4 heteroatoms. The van der Waals surface area contributed by atoms with Crippen molar-refractivity contribution in [2.24, 2.45) is 0 Å². The number of nitrogens with one attached hydrogen (secondary N) is 1. The van der Waals surface area contributed by atoms with Gasteiger partial charge in [0.1, 0.15) is 0 Å². The van der Waals surface area contributed by atoms with E-state index in [2.05, 4.69) is 5.32 Å². The Balaban J connectivity index is 2.32. The molecule has 1 rings (SSSR count). The van der Waals surface area contributed by atoms with Crippen LogP contribution in [0.4, 0.5) is 0 Å². The lowest BCUT2D eigenvalue weighted by atomic mass is 10.2. The van der Waals surface area contributed by atoms with E-state index in [4.69, 9.17) is 16.3 Å². The van der Waals surface area contributed by atoms with Crippen LogP contribution in [0.15, 0.2) is 24.3 Å². The summed E-state index contributed by atoms with van der Waals surface area (Å²) in [5.41, 5.74) is 0.997. The van der Waals surface area contributed by atoms with Gasteiger partial charge in [0.05, 0.1) is 13.2 Å². The predicted octanol–water partition coefficient (Wildman–Crippen LogP) is 1.65. The average Bonchev–Trinajstić information content (AvgIpc) is 2.21. The summed E-state index contributed by atoms with van der Waals surface area (Å²) in [6.07, 6.45) is 0.648. The molecule has 1 aromatic rings. The molecule has 0 atom stereocenters. The topological polar surface area (TPSA) is 38.3 Å². The van der Waals surface area contributed by atoms with Gasteiger partial charge < -0.3 is 10.1 Å². The fourth-order valence-corrected chi connectivity index (χ4v) is 1.40. The highest BCUT2D eigenvalue weighted by Crippen LogP contribution is 2.15. The largest absolute Gasteiger partial charge is 0.464 e. The fourth-order valence-electron chi connectivity index (χ4n) is 1.17. The van der Waals surface area contributed by atoms with Crippen LogP contribution >= 0.6 is 11.6 Å². The predicted molar refractivity (Wildman–Crippen MR) is 60.0 cm³/mol. The van der Waals surface area contributed by atoms with Crippen LogP contribution in [0.1, 0.15) is 5.56 Å². The van der Waals surface area contributed by atoms with E-state index >= 15 is 0 Å². The summed E-state index contributed by atoms with van der Waals surface area (Å²) in [5, 5.41) is 3.44. The molecule has 0 fully saturated rings. The van der Waals surface area contributed by atoms with Crippen LogP contribution in [-0.2, 0) is 16.0 Å². The third-order valence-corrected chi connectivity index (χ3v) is 2.28. The van der Waals surface area contributed by atoms with Crippen LogP contribution in [-0.4, -0.2) is 26.2 Å². The molecule has 82 valence electrons.